The summed E-state index contributed by atoms with van der Waals surface area (Å²) in [6, 6.07) is 8.29. The van der Waals surface area contributed by atoms with Crippen molar-refractivity contribution >= 4 is 12.0 Å². The molecule has 0 bridgehead atoms. The number of nitrogens with zero attached hydrogens (tertiary/aromatic N) is 4. The largest absolute Gasteiger partial charge is 0.372 e. The molecule has 0 amide bonds. The highest BCUT2D eigenvalue weighted by Crippen LogP contribution is 2.41. The molecule has 1 aromatic carbocycles. The lowest BCUT2D eigenvalue weighted by molar-refractivity contribution is 0.111. The Morgan fingerprint density at radius 3 is 2.43 bits per heavy atom. The number of aromatic nitrogens is 3. The van der Waals surface area contributed by atoms with Crippen LogP contribution in [0.2, 0.25) is 0 Å². The summed E-state index contributed by atoms with van der Waals surface area (Å²) in [7, 11) is 0. The molecule has 1 aliphatic rings. The number of hydrogen-bond donors (Lipinski definition) is 0. The van der Waals surface area contributed by atoms with E-state index in [1.54, 1.807) is 0 Å². The van der Waals surface area contributed by atoms with Gasteiger partial charge in [0.2, 0.25) is 0 Å². The van der Waals surface area contributed by atoms with Crippen molar-refractivity contribution in [2.45, 2.75) is 32.6 Å². The summed E-state index contributed by atoms with van der Waals surface area (Å²) >= 11 is 0. The highest BCUT2D eigenvalue weighted by atomic mass is 16.1. The van der Waals surface area contributed by atoms with Crippen molar-refractivity contribution in [2.24, 2.45) is 0 Å². The van der Waals surface area contributed by atoms with Crippen LogP contribution < -0.4 is 4.90 Å². The molecule has 1 fully saturated rings. The molecule has 21 heavy (non-hydrogen) atoms. The Balaban J connectivity index is 1.94. The number of hydrogen-bond acceptors (Lipinski definition) is 4. The Morgan fingerprint density at radius 2 is 1.90 bits per heavy atom. The van der Waals surface area contributed by atoms with E-state index in [4.69, 9.17) is 0 Å². The van der Waals surface area contributed by atoms with E-state index in [1.807, 2.05) is 16.8 Å². The Labute approximate surface area is 124 Å². The normalized spacial score (nSPS) is 14.2. The van der Waals surface area contributed by atoms with Crippen LogP contribution in [-0.2, 0) is 0 Å². The van der Waals surface area contributed by atoms with Crippen LogP contribution in [0.25, 0.3) is 5.69 Å². The van der Waals surface area contributed by atoms with Gasteiger partial charge in [-0.25, -0.2) is 4.68 Å². The van der Waals surface area contributed by atoms with E-state index in [-0.39, 0.29) is 0 Å². The minimum absolute atomic E-state index is 0.433. The third-order valence-corrected chi connectivity index (χ3v) is 4.03. The van der Waals surface area contributed by atoms with Crippen LogP contribution in [0.1, 0.15) is 48.8 Å². The molecule has 0 saturated heterocycles. The third kappa shape index (κ3) is 2.55. The summed E-state index contributed by atoms with van der Waals surface area (Å²) in [6.07, 6.45) is 3.04. The zero-order valence-corrected chi connectivity index (χ0v) is 12.5. The van der Waals surface area contributed by atoms with Gasteiger partial charge in [-0.05, 0) is 51.0 Å². The van der Waals surface area contributed by atoms with Gasteiger partial charge in [-0.2, -0.15) is 0 Å². The Bertz CT molecular complexity index is 624. The average Bonchev–Trinajstić information content (AvgIpc) is 3.28. The predicted octanol–water partition coefficient (Wildman–Crippen LogP) is 2.80. The maximum absolute atomic E-state index is 11.1. The molecular weight excluding hydrogens is 264 g/mol. The van der Waals surface area contributed by atoms with Crippen molar-refractivity contribution in [3.05, 3.63) is 35.7 Å². The van der Waals surface area contributed by atoms with E-state index in [0.29, 0.717) is 11.6 Å². The van der Waals surface area contributed by atoms with E-state index < -0.39 is 0 Å². The van der Waals surface area contributed by atoms with E-state index in [9.17, 15) is 4.79 Å². The highest BCUT2D eigenvalue weighted by Gasteiger charge is 2.31. The van der Waals surface area contributed by atoms with Gasteiger partial charge in [0.15, 0.2) is 6.29 Å². The molecule has 1 aliphatic carbocycles. The van der Waals surface area contributed by atoms with E-state index >= 15 is 0 Å². The van der Waals surface area contributed by atoms with E-state index in [1.165, 1.54) is 5.69 Å². The van der Waals surface area contributed by atoms with Crippen LogP contribution >= 0.6 is 0 Å². The zero-order valence-electron chi connectivity index (χ0n) is 12.5. The first-order chi connectivity index (χ1) is 10.3. The minimum Gasteiger partial charge on any atom is -0.372 e. The molecule has 0 spiro atoms. The summed E-state index contributed by atoms with van der Waals surface area (Å²) in [5.74, 6) is 0.433. The molecule has 0 radical (unpaired) electrons. The fourth-order valence-electron chi connectivity index (χ4n) is 2.71. The number of carbonyl (C=O) groups is 1. The lowest BCUT2D eigenvalue weighted by Gasteiger charge is -2.21. The molecule has 5 nitrogen and oxygen atoms in total. The lowest BCUT2D eigenvalue weighted by atomic mass is 10.2. The molecule has 5 heteroatoms. The Kier molecular flexibility index (Phi) is 3.73. The van der Waals surface area contributed by atoms with Crippen molar-refractivity contribution < 1.29 is 4.79 Å². The topological polar surface area (TPSA) is 51.0 Å². The van der Waals surface area contributed by atoms with Crippen LogP contribution in [-0.4, -0.2) is 34.4 Å². The monoisotopic (exact) mass is 284 g/mol. The molecular formula is C16H20N4O. The second-order valence-corrected chi connectivity index (χ2v) is 5.35. The van der Waals surface area contributed by atoms with Crippen molar-refractivity contribution in [1.82, 2.24) is 15.0 Å². The van der Waals surface area contributed by atoms with Gasteiger partial charge in [0.1, 0.15) is 5.69 Å². The average molecular weight is 284 g/mol. The fourth-order valence-corrected chi connectivity index (χ4v) is 2.71. The number of anilines is 1. The molecule has 2 aromatic rings. The van der Waals surface area contributed by atoms with Gasteiger partial charge >= 0.3 is 0 Å². The molecule has 0 N–H and O–H groups in total. The standard InChI is InChI=1S/C16H20N4O/c1-3-19(4-2)13-7-9-14(10-8-13)20-16(12-5-6-12)15(11-21)17-18-20/h7-12H,3-6H2,1-2H3. The Morgan fingerprint density at radius 1 is 1.24 bits per heavy atom. The maximum atomic E-state index is 11.1. The molecule has 3 rings (SSSR count). The van der Waals surface area contributed by atoms with Gasteiger partial charge in [0.05, 0.1) is 11.4 Å². The first kappa shape index (κ1) is 13.8. The molecule has 1 saturated carbocycles. The second kappa shape index (κ2) is 5.68. The first-order valence-corrected chi connectivity index (χ1v) is 7.54. The third-order valence-electron chi connectivity index (χ3n) is 4.03. The van der Waals surface area contributed by atoms with Gasteiger partial charge < -0.3 is 4.90 Å². The van der Waals surface area contributed by atoms with Crippen molar-refractivity contribution in [2.75, 3.05) is 18.0 Å². The quantitative estimate of drug-likeness (QED) is 0.765. The highest BCUT2D eigenvalue weighted by molar-refractivity contribution is 5.74. The van der Waals surface area contributed by atoms with Gasteiger partial charge in [-0.15, -0.1) is 5.10 Å². The smallest absolute Gasteiger partial charge is 0.172 e. The summed E-state index contributed by atoms with van der Waals surface area (Å²) in [5, 5.41) is 8.15. The second-order valence-electron chi connectivity index (χ2n) is 5.35. The SMILES string of the molecule is CCN(CC)c1ccc(-n2nnc(C=O)c2C2CC2)cc1. The van der Waals surface area contributed by atoms with Crippen LogP contribution in [0.4, 0.5) is 5.69 Å². The van der Waals surface area contributed by atoms with Gasteiger partial charge in [-0.3, -0.25) is 4.79 Å². The number of aldehydes is 1. The summed E-state index contributed by atoms with van der Waals surface area (Å²) in [4.78, 5) is 13.4. The molecule has 1 aromatic heterocycles. The Hall–Kier alpha value is -2.17. The maximum Gasteiger partial charge on any atom is 0.172 e. The first-order valence-electron chi connectivity index (χ1n) is 7.54. The number of benzene rings is 1. The van der Waals surface area contributed by atoms with Gasteiger partial charge in [-0.1, -0.05) is 5.21 Å². The van der Waals surface area contributed by atoms with Crippen LogP contribution in [0.15, 0.2) is 24.3 Å². The molecule has 0 aliphatic heterocycles. The minimum atomic E-state index is 0.433. The molecule has 0 atom stereocenters. The summed E-state index contributed by atoms with van der Waals surface area (Å²) < 4.78 is 1.81. The zero-order chi connectivity index (χ0) is 14.8. The van der Waals surface area contributed by atoms with Gasteiger partial charge in [0.25, 0.3) is 0 Å². The molecule has 0 unspecified atom stereocenters. The van der Waals surface area contributed by atoms with Crippen LogP contribution in [0.5, 0.6) is 0 Å². The molecule has 110 valence electrons. The summed E-state index contributed by atoms with van der Waals surface area (Å²) in [6.45, 7) is 6.27. The number of rotatable bonds is 6. The van der Waals surface area contributed by atoms with Crippen LogP contribution in [0, 0.1) is 0 Å². The van der Waals surface area contributed by atoms with Crippen LogP contribution in [0.3, 0.4) is 0 Å². The van der Waals surface area contributed by atoms with E-state index in [0.717, 1.165) is 43.6 Å². The number of carbonyl (C=O) groups excluding carboxylic acids is 1. The fraction of sp³-hybridized carbons (Fsp3) is 0.438. The van der Waals surface area contributed by atoms with Crippen molar-refractivity contribution in [1.29, 1.82) is 0 Å². The predicted molar refractivity (Wildman–Crippen MR) is 82.3 cm³/mol. The van der Waals surface area contributed by atoms with E-state index in [2.05, 4.69) is 41.2 Å². The van der Waals surface area contributed by atoms with Crippen molar-refractivity contribution in [3.8, 4) is 5.69 Å². The lowest BCUT2D eigenvalue weighted by Crippen LogP contribution is -2.21. The molecule has 1 heterocycles. The van der Waals surface area contributed by atoms with Crippen molar-refractivity contribution in [3.63, 3.8) is 0 Å². The summed E-state index contributed by atoms with van der Waals surface area (Å²) in [5.41, 5.74) is 3.60. The van der Waals surface area contributed by atoms with Gasteiger partial charge in [0, 0.05) is 24.7 Å².